The molecule has 0 aliphatic rings. The molecule has 0 saturated heterocycles. The average molecular weight is 349 g/mol. The lowest BCUT2D eigenvalue weighted by Crippen LogP contribution is -2.18. The first-order valence-corrected chi connectivity index (χ1v) is 7.43. The third-order valence-electron chi connectivity index (χ3n) is 2.45. The average Bonchev–Trinajstić information content (AvgIpc) is 2.64. The maximum absolute atomic E-state index is 13.6. The Morgan fingerprint density at radius 2 is 2.11 bits per heavy atom. The van der Waals surface area contributed by atoms with Gasteiger partial charge in [0.15, 0.2) is 4.60 Å². The van der Waals surface area contributed by atoms with Crippen molar-refractivity contribution in [1.82, 2.24) is 15.0 Å². The monoisotopic (exact) mass is 348 g/mol. The van der Waals surface area contributed by atoms with Gasteiger partial charge in [-0.2, -0.15) is 8.42 Å². The summed E-state index contributed by atoms with van der Waals surface area (Å²) in [6.45, 7) is 1.61. The van der Waals surface area contributed by atoms with Crippen molar-refractivity contribution < 1.29 is 12.8 Å². The van der Waals surface area contributed by atoms with Crippen LogP contribution < -0.4 is 4.72 Å². The van der Waals surface area contributed by atoms with E-state index in [2.05, 4.69) is 31.0 Å². The summed E-state index contributed by atoms with van der Waals surface area (Å²) in [5.41, 5.74) is 0.394. The second-order valence-corrected chi connectivity index (χ2v) is 6.20. The molecule has 0 spiro atoms. The molecule has 1 N–H and O–H groups in total. The van der Waals surface area contributed by atoms with Crippen LogP contribution in [0, 0.1) is 12.7 Å². The van der Waals surface area contributed by atoms with Crippen LogP contribution in [0.25, 0.3) is 0 Å². The number of aryl methyl sites for hydroxylation is 2. The van der Waals surface area contributed by atoms with E-state index in [4.69, 9.17) is 0 Å². The first kappa shape index (κ1) is 13.9. The zero-order chi connectivity index (χ0) is 14.2. The number of rotatable bonds is 3. The van der Waals surface area contributed by atoms with Crippen LogP contribution in [0.4, 0.5) is 10.1 Å². The van der Waals surface area contributed by atoms with E-state index in [-0.39, 0.29) is 15.3 Å². The van der Waals surface area contributed by atoms with E-state index in [1.807, 2.05) is 0 Å². The standard InChI is InChI=1S/C10H10BrFN4O2S/c1-6-4-3-5-7(12)8(6)14-19(17,18)10-9(11)13-15-16(10)2/h3-5,14H,1-2H3. The van der Waals surface area contributed by atoms with Crippen LogP contribution in [0.5, 0.6) is 0 Å². The Morgan fingerprint density at radius 1 is 1.42 bits per heavy atom. The normalized spacial score (nSPS) is 11.6. The van der Waals surface area contributed by atoms with E-state index >= 15 is 0 Å². The molecule has 0 atom stereocenters. The fourth-order valence-electron chi connectivity index (χ4n) is 1.55. The summed E-state index contributed by atoms with van der Waals surface area (Å²) < 4.78 is 41.4. The number of aromatic nitrogens is 3. The van der Waals surface area contributed by atoms with Gasteiger partial charge < -0.3 is 0 Å². The van der Waals surface area contributed by atoms with Crippen LogP contribution in [-0.2, 0) is 17.1 Å². The van der Waals surface area contributed by atoms with Gasteiger partial charge in [-0.15, -0.1) is 5.10 Å². The molecule has 0 aliphatic heterocycles. The lowest BCUT2D eigenvalue weighted by atomic mass is 10.2. The molecule has 0 saturated carbocycles. The van der Waals surface area contributed by atoms with E-state index in [1.54, 1.807) is 13.0 Å². The molecule has 0 radical (unpaired) electrons. The molecule has 9 heteroatoms. The van der Waals surface area contributed by atoms with Crippen molar-refractivity contribution in [2.45, 2.75) is 11.9 Å². The maximum atomic E-state index is 13.6. The fraction of sp³-hybridized carbons (Fsp3) is 0.200. The van der Waals surface area contributed by atoms with E-state index in [0.717, 1.165) is 4.68 Å². The van der Waals surface area contributed by atoms with Crippen LogP contribution in [0.3, 0.4) is 0 Å². The molecular weight excluding hydrogens is 339 g/mol. The van der Waals surface area contributed by atoms with Gasteiger partial charge in [-0.05, 0) is 34.5 Å². The Balaban J connectivity index is 2.49. The molecule has 6 nitrogen and oxygen atoms in total. The number of nitrogens with zero attached hydrogens (tertiary/aromatic N) is 3. The van der Waals surface area contributed by atoms with Gasteiger partial charge in [0.1, 0.15) is 5.82 Å². The molecule has 0 fully saturated rings. The minimum absolute atomic E-state index is 0.0662. The smallest absolute Gasteiger partial charge is 0.275 e. The summed E-state index contributed by atoms with van der Waals surface area (Å²) >= 11 is 3.00. The Labute approximate surface area is 117 Å². The van der Waals surface area contributed by atoms with Gasteiger partial charge in [0.2, 0.25) is 5.03 Å². The quantitative estimate of drug-likeness (QED) is 0.917. The molecule has 1 aromatic heterocycles. The van der Waals surface area contributed by atoms with Gasteiger partial charge in [-0.25, -0.2) is 9.07 Å². The van der Waals surface area contributed by atoms with Crippen LogP contribution >= 0.6 is 15.9 Å². The van der Waals surface area contributed by atoms with Gasteiger partial charge in [0.25, 0.3) is 10.0 Å². The lowest BCUT2D eigenvalue weighted by Gasteiger charge is -2.11. The van der Waals surface area contributed by atoms with Crippen LogP contribution in [0.15, 0.2) is 27.8 Å². The molecule has 0 amide bonds. The molecule has 1 aromatic carbocycles. The molecule has 2 aromatic rings. The third kappa shape index (κ3) is 2.61. The summed E-state index contributed by atoms with van der Waals surface area (Å²) in [4.78, 5) is 0. The summed E-state index contributed by atoms with van der Waals surface area (Å²) in [5.74, 6) is -0.644. The molecule has 1 heterocycles. The van der Waals surface area contributed by atoms with Gasteiger partial charge in [0, 0.05) is 7.05 Å². The predicted molar refractivity (Wildman–Crippen MR) is 70.6 cm³/mol. The zero-order valence-electron chi connectivity index (χ0n) is 10.1. The molecule has 0 unspecified atom stereocenters. The number of benzene rings is 1. The van der Waals surface area contributed by atoms with Crippen LogP contribution in [-0.4, -0.2) is 23.4 Å². The van der Waals surface area contributed by atoms with E-state index in [0.29, 0.717) is 5.56 Å². The van der Waals surface area contributed by atoms with Crippen molar-refractivity contribution >= 4 is 31.6 Å². The molecule has 19 heavy (non-hydrogen) atoms. The number of para-hydroxylation sites is 1. The predicted octanol–water partition coefficient (Wildman–Crippen LogP) is 1.83. The summed E-state index contributed by atoms with van der Waals surface area (Å²) in [5, 5.41) is 6.99. The van der Waals surface area contributed by atoms with Crippen molar-refractivity contribution in [2.75, 3.05) is 4.72 Å². The van der Waals surface area contributed by atoms with Gasteiger partial charge >= 0.3 is 0 Å². The molecule has 102 valence electrons. The highest BCUT2D eigenvalue weighted by Gasteiger charge is 2.25. The highest BCUT2D eigenvalue weighted by Crippen LogP contribution is 2.25. The number of hydrogen-bond acceptors (Lipinski definition) is 4. The van der Waals surface area contributed by atoms with Crippen molar-refractivity contribution in [2.24, 2.45) is 7.05 Å². The van der Waals surface area contributed by atoms with Crippen LogP contribution in [0.1, 0.15) is 5.56 Å². The maximum Gasteiger partial charge on any atom is 0.282 e. The second kappa shape index (κ2) is 4.89. The van der Waals surface area contributed by atoms with Crippen molar-refractivity contribution in [3.8, 4) is 0 Å². The first-order chi connectivity index (χ1) is 8.83. The van der Waals surface area contributed by atoms with Crippen molar-refractivity contribution in [1.29, 1.82) is 0 Å². The Bertz CT molecular complexity index is 689. The third-order valence-corrected chi connectivity index (χ3v) is 4.69. The van der Waals surface area contributed by atoms with Crippen molar-refractivity contribution in [3.63, 3.8) is 0 Å². The van der Waals surface area contributed by atoms with Gasteiger partial charge in [0.05, 0.1) is 5.69 Å². The van der Waals surface area contributed by atoms with E-state index in [9.17, 15) is 12.8 Å². The zero-order valence-corrected chi connectivity index (χ0v) is 12.5. The van der Waals surface area contributed by atoms with Gasteiger partial charge in [-0.1, -0.05) is 17.3 Å². The molecular formula is C10H10BrFN4O2S. The minimum atomic E-state index is -3.98. The number of sulfonamides is 1. The Kier molecular flexibility index (Phi) is 3.59. The second-order valence-electron chi connectivity index (χ2n) is 3.85. The fourth-order valence-corrected chi connectivity index (χ4v) is 3.79. The van der Waals surface area contributed by atoms with E-state index in [1.165, 1.54) is 19.2 Å². The topological polar surface area (TPSA) is 76.9 Å². The number of halogens is 2. The number of hydrogen-bond donors (Lipinski definition) is 1. The summed E-state index contributed by atoms with van der Waals surface area (Å²) in [7, 11) is -2.54. The number of anilines is 1. The number of nitrogens with one attached hydrogen (secondary N) is 1. The SMILES string of the molecule is Cc1cccc(F)c1NS(=O)(=O)c1c(Br)nnn1C. The highest BCUT2D eigenvalue weighted by molar-refractivity contribution is 9.10. The molecule has 0 aliphatic carbocycles. The Hall–Kier alpha value is -1.48. The Morgan fingerprint density at radius 3 is 2.63 bits per heavy atom. The molecule has 2 rings (SSSR count). The van der Waals surface area contributed by atoms with E-state index < -0.39 is 15.8 Å². The van der Waals surface area contributed by atoms with Crippen LogP contribution in [0.2, 0.25) is 0 Å². The minimum Gasteiger partial charge on any atom is -0.275 e. The van der Waals surface area contributed by atoms with Crippen molar-refractivity contribution in [3.05, 3.63) is 34.2 Å². The lowest BCUT2D eigenvalue weighted by molar-refractivity contribution is 0.577. The first-order valence-electron chi connectivity index (χ1n) is 5.16. The summed E-state index contributed by atoms with van der Waals surface area (Å²) in [6, 6.07) is 4.29. The molecule has 0 bridgehead atoms. The summed E-state index contributed by atoms with van der Waals surface area (Å²) in [6.07, 6.45) is 0. The largest absolute Gasteiger partial charge is 0.282 e. The highest BCUT2D eigenvalue weighted by atomic mass is 79.9. The van der Waals surface area contributed by atoms with Gasteiger partial charge in [-0.3, -0.25) is 4.72 Å².